The summed E-state index contributed by atoms with van der Waals surface area (Å²) < 4.78 is 6.56. The van der Waals surface area contributed by atoms with Gasteiger partial charge in [-0.1, -0.05) is 22.0 Å². The third-order valence-electron chi connectivity index (χ3n) is 4.82. The maximum Gasteiger partial charge on any atom is 0.190 e. The van der Waals surface area contributed by atoms with Gasteiger partial charge in [-0.15, -0.1) is 0 Å². The molecule has 3 rings (SSSR count). The molecule has 0 bridgehead atoms. The third-order valence-corrected chi connectivity index (χ3v) is 5.32. The first kappa shape index (κ1) is 17.5. The summed E-state index contributed by atoms with van der Waals surface area (Å²) in [4.78, 5) is 6.79. The molecule has 2 unspecified atom stereocenters. The fourth-order valence-electron chi connectivity index (χ4n) is 3.35. The van der Waals surface area contributed by atoms with Gasteiger partial charge in [0.2, 0.25) is 0 Å². The van der Waals surface area contributed by atoms with Crippen LogP contribution in [0.1, 0.15) is 12.8 Å². The fraction of sp³-hybridized carbons (Fsp3) is 0.611. The van der Waals surface area contributed by atoms with E-state index in [0.29, 0.717) is 11.8 Å². The van der Waals surface area contributed by atoms with Gasteiger partial charge in [0.05, 0.1) is 6.61 Å². The Morgan fingerprint density at radius 3 is 2.83 bits per heavy atom. The van der Waals surface area contributed by atoms with E-state index in [1.54, 1.807) is 0 Å². The van der Waals surface area contributed by atoms with Crippen LogP contribution in [0.5, 0.6) is 0 Å². The van der Waals surface area contributed by atoms with Gasteiger partial charge in [0.1, 0.15) is 0 Å². The minimum Gasteiger partial charge on any atom is -0.381 e. The van der Waals surface area contributed by atoms with Crippen LogP contribution in [-0.4, -0.2) is 52.4 Å². The molecule has 0 saturated carbocycles. The second-order valence-corrected chi connectivity index (χ2v) is 7.56. The molecule has 0 amide bonds. The van der Waals surface area contributed by atoms with Crippen molar-refractivity contribution >= 4 is 27.6 Å². The summed E-state index contributed by atoms with van der Waals surface area (Å²) in [5, 5.41) is 6.91. The van der Waals surface area contributed by atoms with E-state index in [9.17, 15) is 0 Å². The first-order valence-electron chi connectivity index (χ1n) is 8.77. The Kier molecular flexibility index (Phi) is 6.37. The molecular formula is C18H27BrN4O. The summed E-state index contributed by atoms with van der Waals surface area (Å²) in [6.07, 6.45) is 2.36. The molecule has 0 aliphatic carbocycles. The molecule has 1 aromatic rings. The molecule has 2 heterocycles. The minimum absolute atomic E-state index is 0.613. The molecule has 2 saturated heterocycles. The molecule has 0 aromatic heterocycles. The van der Waals surface area contributed by atoms with Gasteiger partial charge in [-0.3, -0.25) is 4.99 Å². The van der Waals surface area contributed by atoms with Crippen molar-refractivity contribution in [1.82, 2.24) is 10.6 Å². The lowest BCUT2D eigenvalue weighted by Gasteiger charge is -2.20. The van der Waals surface area contributed by atoms with Gasteiger partial charge in [-0.05, 0) is 37.0 Å². The standard InChI is InChI=1S/C18H27BrN4O/c1-20-18(22-11-15-6-8-24-13-15)21-10-14-5-7-23(12-14)17-4-2-3-16(19)9-17/h2-4,9,14-15H,5-8,10-13H2,1H3,(H2,20,21,22). The minimum atomic E-state index is 0.613. The summed E-state index contributed by atoms with van der Waals surface area (Å²) >= 11 is 3.56. The number of guanidine groups is 1. The highest BCUT2D eigenvalue weighted by Gasteiger charge is 2.23. The summed E-state index contributed by atoms with van der Waals surface area (Å²) in [6.45, 7) is 5.88. The van der Waals surface area contributed by atoms with Crippen molar-refractivity contribution < 1.29 is 4.74 Å². The van der Waals surface area contributed by atoms with E-state index in [4.69, 9.17) is 4.74 Å². The van der Waals surface area contributed by atoms with Crippen LogP contribution in [0.2, 0.25) is 0 Å². The third kappa shape index (κ3) is 4.86. The SMILES string of the molecule is CN=C(NCC1CCOC1)NCC1CCN(c2cccc(Br)c2)C1. The molecule has 2 fully saturated rings. The molecule has 24 heavy (non-hydrogen) atoms. The monoisotopic (exact) mass is 394 g/mol. The van der Waals surface area contributed by atoms with Crippen LogP contribution in [0.4, 0.5) is 5.69 Å². The highest BCUT2D eigenvalue weighted by molar-refractivity contribution is 9.10. The van der Waals surface area contributed by atoms with Gasteiger partial charge in [-0.2, -0.15) is 0 Å². The predicted octanol–water partition coefficient (Wildman–Crippen LogP) is 2.48. The predicted molar refractivity (Wildman–Crippen MR) is 103 cm³/mol. The van der Waals surface area contributed by atoms with Crippen molar-refractivity contribution in [1.29, 1.82) is 0 Å². The van der Waals surface area contributed by atoms with E-state index in [1.165, 1.54) is 12.1 Å². The van der Waals surface area contributed by atoms with E-state index in [1.807, 2.05) is 7.05 Å². The summed E-state index contributed by atoms with van der Waals surface area (Å²) in [7, 11) is 1.84. The topological polar surface area (TPSA) is 48.9 Å². The quantitative estimate of drug-likeness (QED) is 0.594. The second kappa shape index (κ2) is 8.72. The van der Waals surface area contributed by atoms with Crippen LogP contribution in [0, 0.1) is 11.8 Å². The van der Waals surface area contributed by atoms with E-state index in [-0.39, 0.29) is 0 Å². The number of nitrogens with one attached hydrogen (secondary N) is 2. The Morgan fingerprint density at radius 2 is 2.12 bits per heavy atom. The first-order valence-corrected chi connectivity index (χ1v) is 9.56. The summed E-state index contributed by atoms with van der Waals surface area (Å²) in [6, 6.07) is 8.55. The number of benzene rings is 1. The van der Waals surface area contributed by atoms with Crippen LogP contribution in [-0.2, 0) is 4.74 Å². The molecule has 5 nitrogen and oxygen atoms in total. The number of ether oxygens (including phenoxy) is 1. The maximum atomic E-state index is 5.42. The Morgan fingerprint density at radius 1 is 1.29 bits per heavy atom. The van der Waals surface area contributed by atoms with E-state index in [2.05, 4.69) is 60.7 Å². The second-order valence-electron chi connectivity index (χ2n) is 6.64. The lowest BCUT2D eigenvalue weighted by molar-refractivity contribution is 0.186. The number of aliphatic imine (C=N–C) groups is 1. The molecule has 0 radical (unpaired) electrons. The number of halogens is 1. The fourth-order valence-corrected chi connectivity index (χ4v) is 3.74. The van der Waals surface area contributed by atoms with Gasteiger partial charge in [-0.25, -0.2) is 0 Å². The molecule has 2 N–H and O–H groups in total. The first-order chi connectivity index (χ1) is 11.7. The summed E-state index contributed by atoms with van der Waals surface area (Å²) in [5.74, 6) is 2.17. The van der Waals surface area contributed by atoms with Gasteiger partial charge < -0.3 is 20.3 Å². The molecule has 2 aliphatic rings. The number of hydrogen-bond acceptors (Lipinski definition) is 3. The van der Waals surface area contributed by atoms with Gasteiger partial charge in [0.15, 0.2) is 5.96 Å². The Hall–Kier alpha value is -1.27. The summed E-state index contributed by atoms with van der Waals surface area (Å²) in [5.41, 5.74) is 1.30. The van der Waals surface area contributed by atoms with Crippen LogP contribution in [0.15, 0.2) is 33.7 Å². The number of hydrogen-bond donors (Lipinski definition) is 2. The average Bonchev–Trinajstić information content (AvgIpc) is 3.27. The lowest BCUT2D eigenvalue weighted by atomic mass is 10.1. The van der Waals surface area contributed by atoms with Crippen molar-refractivity contribution in [3.63, 3.8) is 0 Å². The normalized spacial score (nSPS) is 24.4. The van der Waals surface area contributed by atoms with E-state index >= 15 is 0 Å². The van der Waals surface area contributed by atoms with Gasteiger partial charge in [0.25, 0.3) is 0 Å². The largest absolute Gasteiger partial charge is 0.381 e. The van der Waals surface area contributed by atoms with Crippen molar-refractivity contribution in [2.45, 2.75) is 12.8 Å². The van der Waals surface area contributed by atoms with Crippen LogP contribution < -0.4 is 15.5 Å². The number of anilines is 1. The zero-order valence-corrected chi connectivity index (χ0v) is 15.9. The van der Waals surface area contributed by atoms with Crippen molar-refractivity contribution in [3.8, 4) is 0 Å². The van der Waals surface area contributed by atoms with Crippen molar-refractivity contribution in [3.05, 3.63) is 28.7 Å². The Labute approximate surface area is 153 Å². The molecule has 132 valence electrons. The van der Waals surface area contributed by atoms with Crippen LogP contribution in [0.3, 0.4) is 0 Å². The zero-order chi connectivity index (χ0) is 16.8. The Bertz CT molecular complexity index is 560. The smallest absolute Gasteiger partial charge is 0.190 e. The van der Waals surface area contributed by atoms with E-state index < -0.39 is 0 Å². The average molecular weight is 395 g/mol. The molecule has 6 heteroatoms. The molecule has 1 aromatic carbocycles. The zero-order valence-electron chi connectivity index (χ0n) is 14.3. The Balaban J connectivity index is 1.41. The molecule has 2 atom stereocenters. The lowest BCUT2D eigenvalue weighted by Crippen LogP contribution is -2.42. The number of nitrogens with zero attached hydrogens (tertiary/aromatic N) is 2. The van der Waals surface area contributed by atoms with Gasteiger partial charge in [0, 0.05) is 55.9 Å². The highest BCUT2D eigenvalue weighted by Crippen LogP contribution is 2.25. The van der Waals surface area contributed by atoms with Crippen LogP contribution >= 0.6 is 15.9 Å². The maximum absolute atomic E-state index is 5.42. The number of rotatable bonds is 5. The van der Waals surface area contributed by atoms with Gasteiger partial charge >= 0.3 is 0 Å². The van der Waals surface area contributed by atoms with E-state index in [0.717, 1.165) is 56.2 Å². The van der Waals surface area contributed by atoms with Crippen LogP contribution in [0.25, 0.3) is 0 Å². The molecular weight excluding hydrogens is 368 g/mol. The molecule has 0 spiro atoms. The van der Waals surface area contributed by atoms with Crippen molar-refractivity contribution in [2.24, 2.45) is 16.8 Å². The highest BCUT2D eigenvalue weighted by atomic mass is 79.9. The van der Waals surface area contributed by atoms with Crippen molar-refractivity contribution in [2.75, 3.05) is 51.3 Å². The molecule has 2 aliphatic heterocycles.